The van der Waals surface area contributed by atoms with Crippen LogP contribution in [-0.2, 0) is 14.2 Å². The molecule has 0 N–H and O–H groups in total. The van der Waals surface area contributed by atoms with Crippen molar-refractivity contribution >= 4 is 0 Å². The lowest BCUT2D eigenvalue weighted by Gasteiger charge is -2.10. The van der Waals surface area contributed by atoms with E-state index >= 15 is 0 Å². The van der Waals surface area contributed by atoms with Crippen molar-refractivity contribution in [3.05, 3.63) is 0 Å². The normalized spacial score (nSPS) is 12.5. The van der Waals surface area contributed by atoms with E-state index in [1.807, 2.05) is 0 Å². The van der Waals surface area contributed by atoms with E-state index in [-0.39, 0.29) is 0 Å². The molecule has 0 spiro atoms. The molecule has 0 radical (unpaired) electrons. The smallest absolute Gasteiger partial charge is 0.0701 e. The summed E-state index contributed by atoms with van der Waals surface area (Å²) in [5.74, 6) is 0.647. The first kappa shape index (κ1) is 27.9. The Hall–Kier alpha value is -0.120. The zero-order valence-electron chi connectivity index (χ0n) is 19.7. The van der Waals surface area contributed by atoms with Crippen molar-refractivity contribution in [2.45, 2.75) is 117 Å². The molecule has 3 nitrogen and oxygen atoms in total. The largest absolute Gasteiger partial charge is 0.379 e. The van der Waals surface area contributed by atoms with Gasteiger partial charge in [-0.3, -0.25) is 0 Å². The summed E-state index contributed by atoms with van der Waals surface area (Å²) >= 11 is 0. The van der Waals surface area contributed by atoms with Crippen LogP contribution in [0, 0.1) is 5.92 Å². The molecule has 0 aliphatic heterocycles. The molecule has 0 aliphatic carbocycles. The molecule has 0 bridgehead atoms. The third kappa shape index (κ3) is 23.9. The fourth-order valence-corrected chi connectivity index (χ4v) is 3.24. The lowest BCUT2D eigenvalue weighted by molar-refractivity contribution is 0.00771. The van der Waals surface area contributed by atoms with Gasteiger partial charge in [0.05, 0.1) is 26.4 Å². The van der Waals surface area contributed by atoms with Gasteiger partial charge in [0, 0.05) is 13.2 Å². The molecule has 0 aromatic rings. The molecule has 0 aliphatic rings. The highest BCUT2D eigenvalue weighted by Gasteiger charge is 1.98. The Labute approximate surface area is 177 Å². The van der Waals surface area contributed by atoms with Crippen LogP contribution in [0.1, 0.15) is 117 Å². The molecule has 0 aromatic carbocycles. The van der Waals surface area contributed by atoms with Crippen molar-refractivity contribution in [3.8, 4) is 0 Å². The minimum absolute atomic E-state index is 0.647. The van der Waals surface area contributed by atoms with Gasteiger partial charge in [-0.15, -0.1) is 0 Å². The van der Waals surface area contributed by atoms with Gasteiger partial charge in [0.15, 0.2) is 0 Å². The Bertz CT molecular complexity index is 271. The van der Waals surface area contributed by atoms with Crippen LogP contribution in [0.2, 0.25) is 0 Å². The molecule has 0 fully saturated rings. The van der Waals surface area contributed by atoms with Gasteiger partial charge in [0.25, 0.3) is 0 Å². The first-order valence-corrected chi connectivity index (χ1v) is 12.5. The van der Waals surface area contributed by atoms with Crippen LogP contribution >= 0.6 is 0 Å². The Balaban J connectivity index is 3.00. The number of rotatable bonds is 24. The second-order valence-electron chi connectivity index (χ2n) is 8.41. The summed E-state index contributed by atoms with van der Waals surface area (Å²) in [5.41, 5.74) is 0. The number of hydrogen-bond acceptors (Lipinski definition) is 3. The van der Waals surface area contributed by atoms with Gasteiger partial charge in [-0.25, -0.2) is 0 Å². The maximum absolute atomic E-state index is 5.64. The van der Waals surface area contributed by atoms with E-state index < -0.39 is 0 Å². The van der Waals surface area contributed by atoms with E-state index in [4.69, 9.17) is 14.2 Å². The van der Waals surface area contributed by atoms with Gasteiger partial charge in [-0.05, 0) is 12.3 Å². The van der Waals surface area contributed by atoms with Crippen molar-refractivity contribution in [2.75, 3.05) is 39.6 Å². The zero-order chi connectivity index (χ0) is 20.5. The highest BCUT2D eigenvalue weighted by Crippen LogP contribution is 2.12. The second-order valence-corrected chi connectivity index (χ2v) is 8.41. The molecule has 0 saturated heterocycles. The Morgan fingerprint density at radius 3 is 1.32 bits per heavy atom. The van der Waals surface area contributed by atoms with Crippen LogP contribution in [0.15, 0.2) is 0 Å². The summed E-state index contributed by atoms with van der Waals surface area (Å²) < 4.78 is 16.7. The summed E-state index contributed by atoms with van der Waals surface area (Å²) in [6.07, 6.45) is 20.8. The predicted molar refractivity (Wildman–Crippen MR) is 122 cm³/mol. The third-order valence-corrected chi connectivity index (χ3v) is 5.49. The van der Waals surface area contributed by atoms with Crippen LogP contribution in [0.3, 0.4) is 0 Å². The van der Waals surface area contributed by atoms with Gasteiger partial charge >= 0.3 is 0 Å². The molecule has 0 aromatic heterocycles. The van der Waals surface area contributed by atoms with E-state index in [1.165, 1.54) is 96.3 Å². The summed E-state index contributed by atoms with van der Waals surface area (Å²) in [6, 6.07) is 0. The number of unbranched alkanes of at least 4 members (excludes halogenated alkanes) is 13. The molecule has 0 heterocycles. The molecular weight excluding hydrogens is 348 g/mol. The standard InChI is InChI=1S/C25H52O3/c1-4-6-7-8-9-10-11-12-13-14-15-16-17-18-19-26-20-21-27-22-23-28-24-25(3)5-2/h25H,4-24H2,1-3H3. The van der Waals surface area contributed by atoms with Crippen LogP contribution in [0.5, 0.6) is 0 Å². The quantitative estimate of drug-likeness (QED) is 0.156. The molecule has 1 unspecified atom stereocenters. The maximum atomic E-state index is 5.64. The maximum Gasteiger partial charge on any atom is 0.0701 e. The van der Waals surface area contributed by atoms with Crippen LogP contribution in [0.25, 0.3) is 0 Å². The fourth-order valence-electron chi connectivity index (χ4n) is 3.24. The predicted octanol–water partition coefficient (Wildman–Crippen LogP) is 7.56. The van der Waals surface area contributed by atoms with Crippen molar-refractivity contribution in [1.82, 2.24) is 0 Å². The Morgan fingerprint density at radius 2 is 0.857 bits per heavy atom. The minimum Gasteiger partial charge on any atom is -0.379 e. The molecule has 0 saturated carbocycles. The molecule has 3 heteroatoms. The number of hydrogen-bond donors (Lipinski definition) is 0. The van der Waals surface area contributed by atoms with Crippen LogP contribution in [-0.4, -0.2) is 39.6 Å². The lowest BCUT2D eigenvalue weighted by Crippen LogP contribution is -2.12. The lowest BCUT2D eigenvalue weighted by atomic mass is 10.0. The molecule has 170 valence electrons. The monoisotopic (exact) mass is 400 g/mol. The first-order valence-electron chi connectivity index (χ1n) is 12.5. The highest BCUT2D eigenvalue weighted by molar-refractivity contribution is 4.49. The van der Waals surface area contributed by atoms with Gasteiger partial charge in [0.1, 0.15) is 0 Å². The SMILES string of the molecule is CCCCCCCCCCCCCCCCOCCOCCOCC(C)CC. The van der Waals surface area contributed by atoms with E-state index in [9.17, 15) is 0 Å². The Morgan fingerprint density at radius 1 is 0.464 bits per heavy atom. The van der Waals surface area contributed by atoms with Crippen LogP contribution < -0.4 is 0 Å². The minimum atomic E-state index is 0.647. The average molecular weight is 401 g/mol. The summed E-state index contributed by atoms with van der Waals surface area (Å²) in [5, 5.41) is 0. The van der Waals surface area contributed by atoms with Crippen molar-refractivity contribution in [3.63, 3.8) is 0 Å². The van der Waals surface area contributed by atoms with Crippen molar-refractivity contribution < 1.29 is 14.2 Å². The Kier molecular flexibility index (Phi) is 24.8. The second kappa shape index (κ2) is 24.9. The van der Waals surface area contributed by atoms with Gasteiger partial charge < -0.3 is 14.2 Å². The van der Waals surface area contributed by atoms with E-state index in [2.05, 4.69) is 20.8 Å². The fraction of sp³-hybridized carbons (Fsp3) is 1.00. The highest BCUT2D eigenvalue weighted by atomic mass is 16.5. The topological polar surface area (TPSA) is 27.7 Å². The molecule has 1 atom stereocenters. The van der Waals surface area contributed by atoms with E-state index in [0.29, 0.717) is 32.3 Å². The van der Waals surface area contributed by atoms with Gasteiger partial charge in [0.2, 0.25) is 0 Å². The summed E-state index contributed by atoms with van der Waals surface area (Å²) in [4.78, 5) is 0. The average Bonchev–Trinajstić information content (AvgIpc) is 2.71. The zero-order valence-corrected chi connectivity index (χ0v) is 19.7. The van der Waals surface area contributed by atoms with E-state index in [0.717, 1.165) is 13.2 Å². The molecule has 0 rings (SSSR count). The molecule has 0 amide bonds. The van der Waals surface area contributed by atoms with Crippen molar-refractivity contribution in [1.29, 1.82) is 0 Å². The first-order chi connectivity index (χ1) is 13.8. The van der Waals surface area contributed by atoms with Crippen LogP contribution in [0.4, 0.5) is 0 Å². The van der Waals surface area contributed by atoms with Crippen molar-refractivity contribution in [2.24, 2.45) is 5.92 Å². The summed E-state index contributed by atoms with van der Waals surface area (Å²) in [7, 11) is 0. The van der Waals surface area contributed by atoms with Gasteiger partial charge in [-0.1, -0.05) is 111 Å². The third-order valence-electron chi connectivity index (χ3n) is 5.49. The molecule has 28 heavy (non-hydrogen) atoms. The van der Waals surface area contributed by atoms with Gasteiger partial charge in [-0.2, -0.15) is 0 Å². The summed E-state index contributed by atoms with van der Waals surface area (Å²) in [6.45, 7) is 11.2. The molecular formula is C25H52O3. The van der Waals surface area contributed by atoms with E-state index in [1.54, 1.807) is 0 Å². The number of ether oxygens (including phenoxy) is 3.